The lowest BCUT2D eigenvalue weighted by atomic mass is 9.85. The summed E-state index contributed by atoms with van der Waals surface area (Å²) in [5.41, 5.74) is 5.07. The van der Waals surface area contributed by atoms with Crippen molar-refractivity contribution in [2.75, 3.05) is 0 Å². The summed E-state index contributed by atoms with van der Waals surface area (Å²) >= 11 is 0. The molecule has 20 heavy (non-hydrogen) atoms. The maximum atomic E-state index is 6.09. The minimum absolute atomic E-state index is 0.166. The first-order valence-corrected chi connectivity index (χ1v) is 7.46. The fourth-order valence-electron chi connectivity index (χ4n) is 2.44. The molecule has 0 spiro atoms. The van der Waals surface area contributed by atoms with E-state index in [9.17, 15) is 0 Å². The lowest BCUT2D eigenvalue weighted by Crippen LogP contribution is -2.21. The van der Waals surface area contributed by atoms with Gasteiger partial charge in [0.15, 0.2) is 0 Å². The molecule has 2 heteroatoms. The summed E-state index contributed by atoms with van der Waals surface area (Å²) in [6.45, 7) is 16.2. The van der Waals surface area contributed by atoms with E-state index >= 15 is 0 Å². The topological polar surface area (TPSA) is 25.2 Å². The van der Waals surface area contributed by atoms with Gasteiger partial charge in [0.05, 0.1) is 6.54 Å². The molecule has 0 bridgehead atoms. The van der Waals surface area contributed by atoms with Gasteiger partial charge in [-0.3, -0.25) is 0 Å². The largest absolute Gasteiger partial charge is 0.459 e. The summed E-state index contributed by atoms with van der Waals surface area (Å²) in [6, 6.07) is 5.01. The van der Waals surface area contributed by atoms with Crippen molar-refractivity contribution in [3.05, 3.63) is 34.6 Å². The molecule has 1 N–H and O–H groups in total. The lowest BCUT2D eigenvalue weighted by molar-refractivity contribution is 0.484. The summed E-state index contributed by atoms with van der Waals surface area (Å²) < 4.78 is 6.09. The number of fused-ring (bicyclic) bond motifs is 1. The smallest absolute Gasteiger partial charge is 0.137 e. The van der Waals surface area contributed by atoms with Gasteiger partial charge in [0, 0.05) is 11.4 Å². The van der Waals surface area contributed by atoms with Gasteiger partial charge in [-0.25, -0.2) is 0 Å². The molecule has 0 fully saturated rings. The molecule has 0 unspecified atom stereocenters. The quantitative estimate of drug-likeness (QED) is 0.865. The third-order valence-electron chi connectivity index (χ3n) is 3.86. The number of aryl methyl sites for hydroxylation is 2. The first kappa shape index (κ1) is 15.1. The van der Waals surface area contributed by atoms with Gasteiger partial charge in [-0.05, 0) is 42.0 Å². The molecule has 0 radical (unpaired) electrons. The summed E-state index contributed by atoms with van der Waals surface area (Å²) in [4.78, 5) is 0. The van der Waals surface area contributed by atoms with Crippen LogP contribution < -0.4 is 5.32 Å². The molecule has 1 aromatic heterocycles. The van der Waals surface area contributed by atoms with Crippen molar-refractivity contribution in [3.63, 3.8) is 0 Å². The van der Waals surface area contributed by atoms with Crippen molar-refractivity contribution in [2.45, 2.75) is 66.5 Å². The van der Waals surface area contributed by atoms with Crippen LogP contribution in [0.3, 0.4) is 0 Å². The first-order valence-electron chi connectivity index (χ1n) is 7.46. The van der Waals surface area contributed by atoms with Gasteiger partial charge >= 0.3 is 0 Å². The minimum atomic E-state index is 0.166. The van der Waals surface area contributed by atoms with E-state index in [1.807, 2.05) is 0 Å². The van der Waals surface area contributed by atoms with Crippen molar-refractivity contribution in [2.24, 2.45) is 0 Å². The third kappa shape index (κ3) is 2.90. The van der Waals surface area contributed by atoms with E-state index in [-0.39, 0.29) is 5.41 Å². The molecule has 0 amide bonds. The molecule has 0 saturated carbocycles. The number of hydrogen-bond donors (Lipinski definition) is 1. The van der Waals surface area contributed by atoms with Crippen molar-refractivity contribution < 1.29 is 4.42 Å². The van der Waals surface area contributed by atoms with Crippen LogP contribution in [-0.4, -0.2) is 6.04 Å². The summed E-state index contributed by atoms with van der Waals surface area (Å²) in [5, 5.41) is 4.69. The number of rotatable bonds is 3. The Labute approximate surface area is 122 Å². The molecule has 0 aliphatic carbocycles. The first-order chi connectivity index (χ1) is 9.20. The number of hydrogen-bond acceptors (Lipinski definition) is 2. The highest BCUT2D eigenvalue weighted by Gasteiger charge is 2.19. The van der Waals surface area contributed by atoms with Crippen LogP contribution >= 0.6 is 0 Å². The van der Waals surface area contributed by atoms with Gasteiger partial charge in [-0.2, -0.15) is 0 Å². The Hall–Kier alpha value is -1.28. The second kappa shape index (κ2) is 5.25. The molecule has 0 atom stereocenters. The highest BCUT2D eigenvalue weighted by atomic mass is 16.3. The Kier molecular flexibility index (Phi) is 3.97. The molecule has 1 heterocycles. The monoisotopic (exact) mass is 273 g/mol. The van der Waals surface area contributed by atoms with Crippen molar-refractivity contribution in [1.29, 1.82) is 0 Å². The number of furan rings is 1. The van der Waals surface area contributed by atoms with Crippen LogP contribution in [0.1, 0.15) is 57.1 Å². The molecule has 1 aromatic carbocycles. The Morgan fingerprint density at radius 2 is 1.80 bits per heavy atom. The van der Waals surface area contributed by atoms with Crippen LogP contribution in [0.4, 0.5) is 0 Å². The van der Waals surface area contributed by atoms with E-state index in [1.165, 1.54) is 22.1 Å². The highest BCUT2D eigenvalue weighted by molar-refractivity contribution is 5.85. The zero-order valence-electron chi connectivity index (χ0n) is 13.8. The predicted octanol–water partition coefficient (Wildman–Crippen LogP) is 4.85. The van der Waals surface area contributed by atoms with Crippen molar-refractivity contribution in [1.82, 2.24) is 5.32 Å². The van der Waals surface area contributed by atoms with E-state index < -0.39 is 0 Å². The molecular formula is C18H27NO. The highest BCUT2D eigenvalue weighted by Crippen LogP contribution is 2.33. The SMILES string of the molecule is Cc1c(CNC(C)C)oc2c(C)cc(C(C)(C)C)cc12. The number of nitrogens with one attached hydrogen (secondary N) is 1. The second-order valence-electron chi connectivity index (χ2n) is 7.11. The van der Waals surface area contributed by atoms with E-state index in [0.29, 0.717) is 6.04 Å². The van der Waals surface area contributed by atoms with Crippen LogP contribution in [0.5, 0.6) is 0 Å². The molecule has 2 nitrogen and oxygen atoms in total. The molecular weight excluding hydrogens is 246 g/mol. The van der Waals surface area contributed by atoms with Gasteiger partial charge < -0.3 is 9.73 Å². The molecule has 110 valence electrons. The normalized spacial score (nSPS) is 12.6. The van der Waals surface area contributed by atoms with E-state index in [1.54, 1.807) is 0 Å². The van der Waals surface area contributed by atoms with E-state index in [4.69, 9.17) is 4.42 Å². The molecule has 2 rings (SSSR count). The maximum absolute atomic E-state index is 6.09. The maximum Gasteiger partial charge on any atom is 0.137 e. The predicted molar refractivity (Wildman–Crippen MR) is 86.4 cm³/mol. The van der Waals surface area contributed by atoms with Crippen LogP contribution in [0.25, 0.3) is 11.0 Å². The minimum Gasteiger partial charge on any atom is -0.459 e. The fourth-order valence-corrected chi connectivity index (χ4v) is 2.44. The molecule has 2 aromatic rings. The lowest BCUT2D eigenvalue weighted by Gasteiger charge is -2.19. The fraction of sp³-hybridized carbons (Fsp3) is 0.556. The van der Waals surface area contributed by atoms with Crippen molar-refractivity contribution in [3.8, 4) is 0 Å². The zero-order valence-corrected chi connectivity index (χ0v) is 13.8. The average molecular weight is 273 g/mol. The summed E-state index contributed by atoms with van der Waals surface area (Å²) in [5.74, 6) is 1.06. The number of benzene rings is 1. The van der Waals surface area contributed by atoms with Gasteiger partial charge in [-0.1, -0.05) is 40.7 Å². The van der Waals surface area contributed by atoms with Gasteiger partial charge in [0.25, 0.3) is 0 Å². The summed E-state index contributed by atoms with van der Waals surface area (Å²) in [6.07, 6.45) is 0. The second-order valence-corrected chi connectivity index (χ2v) is 7.11. The van der Waals surface area contributed by atoms with Gasteiger partial charge in [0.2, 0.25) is 0 Å². The third-order valence-corrected chi connectivity index (χ3v) is 3.86. The Balaban J connectivity index is 2.51. The van der Waals surface area contributed by atoms with Crippen molar-refractivity contribution >= 4 is 11.0 Å². The van der Waals surface area contributed by atoms with Crippen LogP contribution in [0.2, 0.25) is 0 Å². The van der Waals surface area contributed by atoms with Gasteiger partial charge in [-0.15, -0.1) is 0 Å². The molecule has 0 saturated heterocycles. The van der Waals surface area contributed by atoms with E-state index in [0.717, 1.165) is 17.9 Å². The summed E-state index contributed by atoms with van der Waals surface area (Å²) in [7, 11) is 0. The molecule has 0 aliphatic heterocycles. The molecule has 0 aliphatic rings. The average Bonchev–Trinajstić information content (AvgIpc) is 2.64. The van der Waals surface area contributed by atoms with Crippen LogP contribution in [0, 0.1) is 13.8 Å². The Bertz CT molecular complexity index is 614. The standard InChI is InChI=1S/C18H27NO/c1-11(2)19-10-16-13(4)15-9-14(18(5,6)7)8-12(3)17(15)20-16/h8-9,11,19H,10H2,1-7H3. The Morgan fingerprint density at radius 3 is 2.35 bits per heavy atom. The Morgan fingerprint density at radius 1 is 1.15 bits per heavy atom. The van der Waals surface area contributed by atoms with Crippen LogP contribution in [-0.2, 0) is 12.0 Å². The van der Waals surface area contributed by atoms with Gasteiger partial charge in [0.1, 0.15) is 11.3 Å². The zero-order chi connectivity index (χ0) is 15.1. The van der Waals surface area contributed by atoms with E-state index in [2.05, 4.69) is 65.9 Å². The van der Waals surface area contributed by atoms with Crippen LogP contribution in [0.15, 0.2) is 16.5 Å².